The molecule has 0 aliphatic heterocycles. The summed E-state index contributed by atoms with van der Waals surface area (Å²) in [5.41, 5.74) is 0. The molecule has 0 bridgehead atoms. The van der Waals surface area contributed by atoms with E-state index >= 15 is 0 Å². The average molecular weight is 146 g/mol. The Kier molecular flexibility index (Phi) is 4.94. The van der Waals surface area contributed by atoms with Crippen molar-refractivity contribution in [3.8, 4) is 0 Å². The number of rotatable bonds is 4. The smallest absolute Gasteiger partial charge is 0.308 e. The normalized spacial score (nSPS) is 12.7. The molecule has 60 valence electrons. The second-order valence-electron chi connectivity index (χ2n) is 2.17. The van der Waals surface area contributed by atoms with Gasteiger partial charge in [0.2, 0.25) is 0 Å². The second-order valence-corrected chi connectivity index (χ2v) is 2.17. The highest BCUT2D eigenvalue weighted by molar-refractivity contribution is 5.71. The molecule has 0 fully saturated rings. The van der Waals surface area contributed by atoms with E-state index in [-0.39, 0.29) is 18.5 Å². The quantitative estimate of drug-likeness (QED) is 0.590. The summed E-state index contributed by atoms with van der Waals surface area (Å²) < 4.78 is 4.71. The van der Waals surface area contributed by atoms with E-state index in [1.165, 1.54) is 0 Å². The highest BCUT2D eigenvalue weighted by Gasteiger charge is 2.11. The van der Waals surface area contributed by atoms with Crippen molar-refractivity contribution < 1.29 is 14.6 Å². The van der Waals surface area contributed by atoms with Gasteiger partial charge in [-0.3, -0.25) is 4.79 Å². The Balaban J connectivity index is 3.49. The predicted molar refractivity (Wildman–Crippen MR) is 37.5 cm³/mol. The number of carbonyl (C=O) groups excluding carboxylic acids is 1. The largest absolute Gasteiger partial charge is 0.466 e. The van der Waals surface area contributed by atoms with E-state index < -0.39 is 0 Å². The summed E-state index contributed by atoms with van der Waals surface area (Å²) >= 11 is 0. The molecular formula is C7H14O3. The van der Waals surface area contributed by atoms with Crippen LogP contribution in [-0.4, -0.2) is 24.3 Å². The average Bonchev–Trinajstić information content (AvgIpc) is 1.89. The number of aliphatic hydroxyl groups excluding tert-OH is 1. The molecule has 0 saturated heterocycles. The third-order valence-corrected chi connectivity index (χ3v) is 1.25. The molecule has 0 spiro atoms. The van der Waals surface area contributed by atoms with Gasteiger partial charge in [-0.15, -0.1) is 0 Å². The Morgan fingerprint density at radius 1 is 1.70 bits per heavy atom. The molecule has 0 heterocycles. The van der Waals surface area contributed by atoms with Crippen LogP contribution in [0.1, 0.15) is 20.3 Å². The number of hydrogen-bond donors (Lipinski definition) is 1. The predicted octanol–water partition coefficient (Wildman–Crippen LogP) is 0.568. The van der Waals surface area contributed by atoms with Gasteiger partial charge in [0.1, 0.15) is 0 Å². The fourth-order valence-corrected chi connectivity index (χ4v) is 0.596. The van der Waals surface area contributed by atoms with Crippen molar-refractivity contribution in [1.82, 2.24) is 0 Å². The molecule has 0 rings (SSSR count). The highest BCUT2D eigenvalue weighted by Crippen LogP contribution is 2.02. The van der Waals surface area contributed by atoms with Gasteiger partial charge >= 0.3 is 5.97 Å². The molecule has 0 unspecified atom stereocenters. The summed E-state index contributed by atoms with van der Waals surface area (Å²) in [5, 5.41) is 8.45. The van der Waals surface area contributed by atoms with Gasteiger partial charge in [0.25, 0.3) is 0 Å². The maximum Gasteiger partial charge on any atom is 0.308 e. The maximum atomic E-state index is 10.8. The minimum absolute atomic E-state index is 0.0416. The first-order chi connectivity index (χ1) is 4.72. The van der Waals surface area contributed by atoms with Crippen LogP contribution in [0.2, 0.25) is 0 Å². The Morgan fingerprint density at radius 2 is 2.30 bits per heavy atom. The molecule has 3 nitrogen and oxygen atoms in total. The summed E-state index contributed by atoms with van der Waals surface area (Å²) in [6.45, 7) is 3.96. The van der Waals surface area contributed by atoms with Crippen LogP contribution in [0.5, 0.6) is 0 Å². The standard InChI is InChI=1S/C7H14O3/c1-3-10-7(9)6(2)4-5-8/h6,8H,3-5H2,1-2H3/t6-/m0/s1. The van der Waals surface area contributed by atoms with Gasteiger partial charge in [0.15, 0.2) is 0 Å². The Morgan fingerprint density at radius 3 is 2.70 bits per heavy atom. The first-order valence-electron chi connectivity index (χ1n) is 3.49. The van der Waals surface area contributed by atoms with Crippen LogP contribution < -0.4 is 0 Å². The van der Waals surface area contributed by atoms with Crippen LogP contribution in [-0.2, 0) is 9.53 Å². The number of esters is 1. The minimum Gasteiger partial charge on any atom is -0.466 e. The maximum absolute atomic E-state index is 10.8. The molecule has 10 heavy (non-hydrogen) atoms. The van der Waals surface area contributed by atoms with E-state index in [0.717, 1.165) is 0 Å². The molecular weight excluding hydrogens is 132 g/mol. The molecule has 0 aromatic carbocycles. The van der Waals surface area contributed by atoms with Crippen LogP contribution in [0.25, 0.3) is 0 Å². The molecule has 0 saturated carbocycles. The molecule has 1 N–H and O–H groups in total. The fourth-order valence-electron chi connectivity index (χ4n) is 0.596. The van der Waals surface area contributed by atoms with Gasteiger partial charge in [-0.2, -0.15) is 0 Å². The van der Waals surface area contributed by atoms with E-state index in [2.05, 4.69) is 0 Å². The zero-order valence-electron chi connectivity index (χ0n) is 6.46. The van der Waals surface area contributed by atoms with Crippen LogP contribution in [0.15, 0.2) is 0 Å². The number of hydrogen-bond acceptors (Lipinski definition) is 3. The SMILES string of the molecule is CCOC(=O)[C@@H](C)CCO. The summed E-state index contributed by atoms with van der Waals surface area (Å²) in [6, 6.07) is 0. The number of ether oxygens (including phenoxy) is 1. The van der Waals surface area contributed by atoms with Crippen molar-refractivity contribution in [2.24, 2.45) is 5.92 Å². The summed E-state index contributed by atoms with van der Waals surface area (Å²) in [5.74, 6) is -0.401. The first kappa shape index (κ1) is 9.43. The van der Waals surface area contributed by atoms with Gasteiger partial charge < -0.3 is 9.84 Å². The van der Waals surface area contributed by atoms with Crippen molar-refractivity contribution in [2.75, 3.05) is 13.2 Å². The van der Waals surface area contributed by atoms with Crippen LogP contribution in [0, 0.1) is 5.92 Å². The van der Waals surface area contributed by atoms with Crippen molar-refractivity contribution in [2.45, 2.75) is 20.3 Å². The molecule has 0 aromatic heterocycles. The van der Waals surface area contributed by atoms with E-state index in [4.69, 9.17) is 9.84 Å². The molecule has 0 radical (unpaired) electrons. The van der Waals surface area contributed by atoms with E-state index in [1.54, 1.807) is 13.8 Å². The zero-order valence-corrected chi connectivity index (χ0v) is 6.46. The number of carbonyl (C=O) groups is 1. The van der Waals surface area contributed by atoms with Crippen molar-refractivity contribution in [3.63, 3.8) is 0 Å². The van der Waals surface area contributed by atoms with Crippen LogP contribution >= 0.6 is 0 Å². The summed E-state index contributed by atoms with van der Waals surface area (Å²) in [6.07, 6.45) is 0.485. The van der Waals surface area contributed by atoms with E-state index in [1.807, 2.05) is 0 Å². The third-order valence-electron chi connectivity index (χ3n) is 1.25. The van der Waals surface area contributed by atoms with Crippen LogP contribution in [0.4, 0.5) is 0 Å². The van der Waals surface area contributed by atoms with Gasteiger partial charge in [-0.25, -0.2) is 0 Å². The highest BCUT2D eigenvalue weighted by atomic mass is 16.5. The molecule has 0 aromatic rings. The Bertz CT molecular complexity index is 101. The van der Waals surface area contributed by atoms with Gasteiger partial charge in [0.05, 0.1) is 12.5 Å². The minimum atomic E-state index is -0.225. The molecule has 0 aliphatic rings. The zero-order chi connectivity index (χ0) is 7.98. The lowest BCUT2D eigenvalue weighted by Crippen LogP contribution is -2.15. The lowest BCUT2D eigenvalue weighted by atomic mass is 10.1. The number of aliphatic hydroxyl groups is 1. The Hall–Kier alpha value is -0.570. The Labute approximate surface area is 61.0 Å². The second kappa shape index (κ2) is 5.23. The van der Waals surface area contributed by atoms with Gasteiger partial charge in [-0.1, -0.05) is 6.92 Å². The lowest BCUT2D eigenvalue weighted by Gasteiger charge is -2.07. The van der Waals surface area contributed by atoms with Gasteiger partial charge in [0, 0.05) is 6.61 Å². The lowest BCUT2D eigenvalue weighted by molar-refractivity contribution is -0.147. The molecule has 0 amide bonds. The third kappa shape index (κ3) is 3.45. The topological polar surface area (TPSA) is 46.5 Å². The molecule has 0 aliphatic carbocycles. The van der Waals surface area contributed by atoms with E-state index in [9.17, 15) is 4.79 Å². The first-order valence-corrected chi connectivity index (χ1v) is 3.49. The monoisotopic (exact) mass is 146 g/mol. The molecule has 1 atom stereocenters. The van der Waals surface area contributed by atoms with Crippen molar-refractivity contribution >= 4 is 5.97 Å². The fraction of sp³-hybridized carbons (Fsp3) is 0.857. The molecule has 3 heteroatoms. The van der Waals surface area contributed by atoms with Crippen molar-refractivity contribution in [3.05, 3.63) is 0 Å². The van der Waals surface area contributed by atoms with E-state index in [0.29, 0.717) is 13.0 Å². The summed E-state index contributed by atoms with van der Waals surface area (Å²) in [7, 11) is 0. The van der Waals surface area contributed by atoms with Gasteiger partial charge in [-0.05, 0) is 13.3 Å². The summed E-state index contributed by atoms with van der Waals surface area (Å²) in [4.78, 5) is 10.8. The van der Waals surface area contributed by atoms with Crippen molar-refractivity contribution in [1.29, 1.82) is 0 Å². The van der Waals surface area contributed by atoms with Crippen LogP contribution in [0.3, 0.4) is 0 Å².